The van der Waals surface area contributed by atoms with E-state index in [0.717, 1.165) is 4.68 Å². The van der Waals surface area contributed by atoms with Gasteiger partial charge in [0.15, 0.2) is 0 Å². The van der Waals surface area contributed by atoms with Gasteiger partial charge in [0.1, 0.15) is 5.82 Å². The number of fused-ring (bicyclic) bond motifs is 1. The zero-order chi connectivity index (χ0) is 13.3. The van der Waals surface area contributed by atoms with Crippen molar-refractivity contribution in [1.82, 2.24) is 15.1 Å². The van der Waals surface area contributed by atoms with Gasteiger partial charge in [-0.2, -0.15) is 0 Å². The number of carbonyl (C=O) groups is 1. The highest BCUT2D eigenvalue weighted by atomic mass is 16.2. The lowest BCUT2D eigenvalue weighted by molar-refractivity contribution is 0.0954. The molecule has 1 aromatic heterocycles. The van der Waals surface area contributed by atoms with Gasteiger partial charge in [0.25, 0.3) is 11.5 Å². The molecule has 2 aromatic rings. The largest absolute Gasteiger partial charge is 0.335 e. The lowest BCUT2D eigenvalue weighted by Crippen LogP contribution is -2.32. The monoisotopic (exact) mass is 247 g/mol. The quantitative estimate of drug-likeness (QED) is 0.368. The van der Waals surface area contributed by atoms with Crippen molar-refractivity contribution < 1.29 is 4.79 Å². The number of hydrogen-bond donors (Lipinski definition) is 3. The second-order valence-electron chi connectivity index (χ2n) is 3.76. The molecule has 0 aliphatic rings. The second kappa shape index (κ2) is 4.46. The minimum atomic E-state index is -0.436. The highest BCUT2D eigenvalue weighted by molar-refractivity contribution is 5.97. The highest BCUT2D eigenvalue weighted by Crippen LogP contribution is 2.11. The first kappa shape index (κ1) is 12.1. The van der Waals surface area contributed by atoms with Crippen LogP contribution in [0.2, 0.25) is 0 Å². The fraction of sp³-hybridized carbons (Fsp3) is 0.182. The molecule has 0 unspecified atom stereocenters. The summed E-state index contributed by atoms with van der Waals surface area (Å²) in [5.41, 5.74) is 2.46. The van der Waals surface area contributed by atoms with Gasteiger partial charge in [0.05, 0.1) is 10.9 Å². The molecule has 5 N–H and O–H groups in total. The number of hydrazine groups is 1. The van der Waals surface area contributed by atoms with Crippen LogP contribution in [0.5, 0.6) is 0 Å². The predicted octanol–water partition coefficient (Wildman–Crippen LogP) is -0.724. The molecular weight excluding hydrogens is 234 g/mol. The summed E-state index contributed by atoms with van der Waals surface area (Å²) in [5.74, 6) is 10.7. The zero-order valence-electron chi connectivity index (χ0n) is 9.80. The Hall–Kier alpha value is -2.41. The summed E-state index contributed by atoms with van der Waals surface area (Å²) in [6.45, 7) is 1.84. The first-order valence-corrected chi connectivity index (χ1v) is 5.40. The summed E-state index contributed by atoms with van der Waals surface area (Å²) in [5, 5.41) is 0.364. The third kappa shape index (κ3) is 1.80. The van der Waals surface area contributed by atoms with E-state index in [4.69, 9.17) is 11.7 Å². The predicted molar refractivity (Wildman–Crippen MR) is 67.2 cm³/mol. The minimum absolute atomic E-state index is 0.337. The first-order valence-electron chi connectivity index (χ1n) is 5.40. The maximum atomic E-state index is 11.9. The number of aryl methyl sites for hydroxylation is 1. The van der Waals surface area contributed by atoms with Gasteiger partial charge in [-0.05, 0) is 18.2 Å². The van der Waals surface area contributed by atoms with Crippen molar-refractivity contribution in [3.63, 3.8) is 0 Å². The van der Waals surface area contributed by atoms with Crippen LogP contribution in [0, 0.1) is 0 Å². The zero-order valence-corrected chi connectivity index (χ0v) is 9.80. The molecule has 0 aliphatic carbocycles. The number of nitrogens with two attached hydrogens (primary N) is 2. The number of nitrogens with one attached hydrogen (secondary N) is 1. The Morgan fingerprint density at radius 2 is 2.22 bits per heavy atom. The van der Waals surface area contributed by atoms with Crippen LogP contribution < -0.4 is 22.7 Å². The van der Waals surface area contributed by atoms with Gasteiger partial charge < -0.3 is 5.84 Å². The van der Waals surface area contributed by atoms with Crippen LogP contribution >= 0.6 is 0 Å². The maximum Gasteiger partial charge on any atom is 0.279 e. The topological polar surface area (TPSA) is 116 Å². The van der Waals surface area contributed by atoms with Crippen molar-refractivity contribution in [3.05, 3.63) is 39.9 Å². The fourth-order valence-electron chi connectivity index (χ4n) is 1.72. The van der Waals surface area contributed by atoms with E-state index in [2.05, 4.69) is 4.98 Å². The summed E-state index contributed by atoms with van der Waals surface area (Å²) in [4.78, 5) is 27.6. The molecule has 1 amide bonds. The van der Waals surface area contributed by atoms with Crippen molar-refractivity contribution in [2.45, 2.75) is 13.3 Å². The number of nitrogen functional groups attached to an aromatic ring is 2. The second-order valence-corrected chi connectivity index (χ2v) is 3.76. The van der Waals surface area contributed by atoms with Crippen molar-refractivity contribution in [2.24, 2.45) is 5.84 Å². The Morgan fingerprint density at radius 3 is 2.83 bits per heavy atom. The van der Waals surface area contributed by atoms with Crippen LogP contribution in [0.1, 0.15) is 23.1 Å². The maximum absolute atomic E-state index is 11.9. The summed E-state index contributed by atoms with van der Waals surface area (Å²) in [6, 6.07) is 4.52. The van der Waals surface area contributed by atoms with Crippen molar-refractivity contribution >= 4 is 16.8 Å². The summed E-state index contributed by atoms with van der Waals surface area (Å²) < 4.78 is 1.02. The molecule has 7 heteroatoms. The van der Waals surface area contributed by atoms with Crippen molar-refractivity contribution in [2.75, 3.05) is 5.84 Å². The van der Waals surface area contributed by atoms with E-state index < -0.39 is 5.91 Å². The van der Waals surface area contributed by atoms with E-state index in [-0.39, 0.29) is 5.56 Å². The summed E-state index contributed by atoms with van der Waals surface area (Å²) in [7, 11) is 0. The molecule has 7 nitrogen and oxygen atoms in total. The van der Waals surface area contributed by atoms with Crippen LogP contribution in [-0.2, 0) is 6.42 Å². The van der Waals surface area contributed by atoms with Crippen LogP contribution in [0.25, 0.3) is 10.9 Å². The Balaban J connectivity index is 2.74. The Kier molecular flexibility index (Phi) is 2.99. The number of benzene rings is 1. The summed E-state index contributed by atoms with van der Waals surface area (Å²) in [6.07, 6.45) is 0.523. The van der Waals surface area contributed by atoms with Crippen molar-refractivity contribution in [1.29, 1.82) is 0 Å². The van der Waals surface area contributed by atoms with Gasteiger partial charge in [-0.3, -0.25) is 15.0 Å². The third-order valence-corrected chi connectivity index (χ3v) is 2.68. The molecule has 0 radical (unpaired) electrons. The number of nitrogens with zero attached hydrogens (tertiary/aromatic N) is 2. The molecule has 0 aliphatic heterocycles. The average Bonchev–Trinajstić information content (AvgIpc) is 2.41. The van der Waals surface area contributed by atoms with E-state index in [0.29, 0.717) is 28.7 Å². The van der Waals surface area contributed by atoms with Gasteiger partial charge in [-0.25, -0.2) is 15.5 Å². The molecular formula is C11H13N5O2. The molecule has 2 rings (SSSR count). The third-order valence-electron chi connectivity index (χ3n) is 2.68. The molecule has 0 bridgehead atoms. The van der Waals surface area contributed by atoms with Gasteiger partial charge in [0, 0.05) is 12.0 Å². The summed E-state index contributed by atoms with van der Waals surface area (Å²) >= 11 is 0. The molecule has 94 valence electrons. The van der Waals surface area contributed by atoms with Gasteiger partial charge in [0.2, 0.25) is 0 Å². The first-order chi connectivity index (χ1) is 8.58. The number of carbonyl (C=O) groups excluding carboxylic acids is 1. The Labute approximate surface area is 102 Å². The fourth-order valence-corrected chi connectivity index (χ4v) is 1.72. The SMILES string of the molecule is CCc1nc2cc(C(=O)NN)ccc2c(=O)n1N. The number of aromatic nitrogens is 2. The Morgan fingerprint density at radius 1 is 1.50 bits per heavy atom. The van der Waals surface area contributed by atoms with Crippen LogP contribution in [-0.4, -0.2) is 15.6 Å². The van der Waals surface area contributed by atoms with E-state index in [1.807, 2.05) is 12.3 Å². The van der Waals surface area contributed by atoms with Crippen molar-refractivity contribution in [3.8, 4) is 0 Å². The number of amides is 1. The molecule has 18 heavy (non-hydrogen) atoms. The smallest absolute Gasteiger partial charge is 0.279 e. The molecule has 0 atom stereocenters. The molecule has 1 heterocycles. The van der Waals surface area contributed by atoms with Gasteiger partial charge in [-0.1, -0.05) is 6.92 Å². The number of rotatable bonds is 2. The van der Waals surface area contributed by atoms with E-state index in [1.165, 1.54) is 18.2 Å². The minimum Gasteiger partial charge on any atom is -0.335 e. The molecule has 0 fully saturated rings. The van der Waals surface area contributed by atoms with Gasteiger partial charge in [-0.15, -0.1) is 0 Å². The van der Waals surface area contributed by atoms with Crippen LogP contribution in [0.4, 0.5) is 0 Å². The Bertz CT molecular complexity index is 677. The molecule has 0 spiro atoms. The highest BCUT2D eigenvalue weighted by Gasteiger charge is 2.10. The number of hydrogen-bond acceptors (Lipinski definition) is 5. The van der Waals surface area contributed by atoms with Crippen LogP contribution in [0.15, 0.2) is 23.0 Å². The lowest BCUT2D eigenvalue weighted by Gasteiger charge is -2.07. The molecule has 1 aromatic carbocycles. The molecule has 0 saturated heterocycles. The lowest BCUT2D eigenvalue weighted by atomic mass is 10.1. The molecule has 0 saturated carbocycles. The van der Waals surface area contributed by atoms with Gasteiger partial charge >= 0.3 is 0 Å². The normalized spacial score (nSPS) is 10.6. The van der Waals surface area contributed by atoms with E-state index >= 15 is 0 Å². The van der Waals surface area contributed by atoms with E-state index in [9.17, 15) is 9.59 Å². The standard InChI is InChI=1S/C11H13N5O2/c1-2-9-14-8-5-6(10(17)15-12)3-4-7(8)11(18)16(9)13/h3-5H,2,12-13H2,1H3,(H,15,17). The van der Waals surface area contributed by atoms with Crippen LogP contribution in [0.3, 0.4) is 0 Å². The average molecular weight is 247 g/mol. The van der Waals surface area contributed by atoms with E-state index in [1.54, 1.807) is 0 Å².